The van der Waals surface area contributed by atoms with Crippen molar-refractivity contribution in [2.75, 3.05) is 6.61 Å². The molecule has 1 nitrogen and oxygen atoms in total. The van der Waals surface area contributed by atoms with Crippen LogP contribution in [0.1, 0.15) is 10.8 Å². The molecule has 0 aliphatic rings. The Morgan fingerprint density at radius 1 is 0.875 bits per heavy atom. The number of hydrogen-bond acceptors (Lipinski definition) is 1. The fourth-order valence-electron chi connectivity index (χ4n) is 1.45. The van der Waals surface area contributed by atoms with Crippen molar-refractivity contribution in [2.24, 2.45) is 0 Å². The Morgan fingerprint density at radius 3 is 2.06 bits per heavy atom. The molecule has 0 bridgehead atoms. The van der Waals surface area contributed by atoms with Gasteiger partial charge in [0.2, 0.25) is 0 Å². The Balaban J connectivity index is 1.92. The van der Waals surface area contributed by atoms with Crippen molar-refractivity contribution in [1.82, 2.24) is 0 Å². The predicted octanol–water partition coefficient (Wildman–Crippen LogP) is 4.00. The number of hydrogen-bond donors (Lipinski definition) is 0. The number of benzene rings is 2. The number of para-hydroxylation sites is 1. The van der Waals surface area contributed by atoms with Gasteiger partial charge in [-0.15, -0.1) is 0 Å². The van der Waals surface area contributed by atoms with E-state index >= 15 is 0 Å². The SMILES string of the molecule is [S]C(COc1ccccc1)c1ccccc1. The molecule has 0 aliphatic heterocycles. The van der Waals surface area contributed by atoms with Gasteiger partial charge in [-0.25, -0.2) is 0 Å². The van der Waals surface area contributed by atoms with Gasteiger partial charge < -0.3 is 4.74 Å². The minimum absolute atomic E-state index is 0.00130. The second-order valence-electron chi connectivity index (χ2n) is 3.52. The highest BCUT2D eigenvalue weighted by Crippen LogP contribution is 2.21. The van der Waals surface area contributed by atoms with Crippen molar-refractivity contribution < 1.29 is 4.74 Å². The zero-order chi connectivity index (χ0) is 11.2. The Hall–Kier alpha value is -1.41. The Kier molecular flexibility index (Phi) is 3.89. The largest absolute Gasteiger partial charge is 0.492 e. The lowest BCUT2D eigenvalue weighted by Gasteiger charge is -2.11. The minimum Gasteiger partial charge on any atom is -0.492 e. The number of ether oxygens (including phenoxy) is 1. The molecule has 1 atom stereocenters. The Labute approximate surface area is 101 Å². The van der Waals surface area contributed by atoms with E-state index in [2.05, 4.69) is 0 Å². The molecule has 0 aromatic heterocycles. The van der Waals surface area contributed by atoms with E-state index in [0.717, 1.165) is 11.3 Å². The van der Waals surface area contributed by atoms with E-state index in [1.54, 1.807) is 0 Å². The molecule has 0 amide bonds. The fourth-order valence-corrected chi connectivity index (χ4v) is 1.68. The quantitative estimate of drug-likeness (QED) is 0.770. The topological polar surface area (TPSA) is 9.23 Å². The van der Waals surface area contributed by atoms with Gasteiger partial charge in [-0.05, 0) is 17.7 Å². The molecular formula is C14H13OS. The van der Waals surface area contributed by atoms with E-state index in [1.165, 1.54) is 0 Å². The van der Waals surface area contributed by atoms with E-state index in [1.807, 2.05) is 60.7 Å². The average Bonchev–Trinajstić information content (AvgIpc) is 2.38. The van der Waals surface area contributed by atoms with E-state index < -0.39 is 0 Å². The van der Waals surface area contributed by atoms with E-state index in [9.17, 15) is 0 Å². The maximum atomic E-state index is 5.62. The van der Waals surface area contributed by atoms with Crippen LogP contribution >= 0.6 is 12.6 Å². The van der Waals surface area contributed by atoms with Gasteiger partial charge in [-0.1, -0.05) is 61.2 Å². The van der Waals surface area contributed by atoms with Crippen LogP contribution in [0.3, 0.4) is 0 Å². The molecule has 0 saturated heterocycles. The third-order valence-corrected chi connectivity index (χ3v) is 2.72. The summed E-state index contributed by atoms with van der Waals surface area (Å²) >= 11 is 5.38. The van der Waals surface area contributed by atoms with Crippen LogP contribution in [-0.2, 0) is 0 Å². The smallest absolute Gasteiger partial charge is 0.119 e. The molecule has 0 N–H and O–H groups in total. The van der Waals surface area contributed by atoms with Crippen molar-refractivity contribution in [3.63, 3.8) is 0 Å². The van der Waals surface area contributed by atoms with Gasteiger partial charge in [-0.2, -0.15) is 0 Å². The lowest BCUT2D eigenvalue weighted by atomic mass is 10.1. The molecule has 2 aromatic carbocycles. The first-order chi connectivity index (χ1) is 7.86. The van der Waals surface area contributed by atoms with Gasteiger partial charge in [0.1, 0.15) is 12.4 Å². The standard InChI is InChI=1S/C14H13OS/c16-14(12-7-3-1-4-8-12)11-15-13-9-5-2-6-10-13/h1-10,14H,11H2. The summed E-state index contributed by atoms with van der Waals surface area (Å²) in [5.41, 5.74) is 1.13. The summed E-state index contributed by atoms with van der Waals surface area (Å²) in [4.78, 5) is 0. The molecule has 2 heteroatoms. The summed E-state index contributed by atoms with van der Waals surface area (Å²) in [6.45, 7) is 0.531. The van der Waals surface area contributed by atoms with E-state index in [-0.39, 0.29) is 5.25 Å². The highest BCUT2D eigenvalue weighted by atomic mass is 32.1. The summed E-state index contributed by atoms with van der Waals surface area (Å²) in [7, 11) is 0. The van der Waals surface area contributed by atoms with Gasteiger partial charge in [0.25, 0.3) is 0 Å². The Bertz CT molecular complexity index is 413. The molecule has 2 rings (SSSR count). The molecular weight excluding hydrogens is 216 g/mol. The third-order valence-electron chi connectivity index (χ3n) is 2.32. The zero-order valence-electron chi connectivity index (χ0n) is 8.87. The molecule has 1 radical (unpaired) electrons. The van der Waals surface area contributed by atoms with Crippen LogP contribution in [0, 0.1) is 0 Å². The summed E-state index contributed by atoms with van der Waals surface area (Å²) in [6, 6.07) is 19.8. The first-order valence-corrected chi connectivity index (χ1v) is 5.72. The highest BCUT2D eigenvalue weighted by molar-refractivity contribution is 7.80. The van der Waals surface area contributed by atoms with Gasteiger partial charge >= 0.3 is 0 Å². The van der Waals surface area contributed by atoms with Gasteiger partial charge in [0.05, 0.1) is 5.25 Å². The van der Waals surface area contributed by atoms with Gasteiger partial charge in [-0.3, -0.25) is 0 Å². The average molecular weight is 229 g/mol. The first-order valence-electron chi connectivity index (χ1n) is 5.25. The van der Waals surface area contributed by atoms with Crippen LogP contribution in [-0.4, -0.2) is 6.61 Å². The lowest BCUT2D eigenvalue weighted by Crippen LogP contribution is -2.04. The van der Waals surface area contributed by atoms with Crippen LogP contribution in [0.5, 0.6) is 5.75 Å². The normalized spacial score (nSPS) is 12.1. The van der Waals surface area contributed by atoms with Crippen LogP contribution in [0.4, 0.5) is 0 Å². The Morgan fingerprint density at radius 2 is 1.44 bits per heavy atom. The molecule has 0 saturated carbocycles. The molecule has 0 aliphatic carbocycles. The maximum Gasteiger partial charge on any atom is 0.119 e. The van der Waals surface area contributed by atoms with Crippen molar-refractivity contribution in [3.8, 4) is 5.75 Å². The van der Waals surface area contributed by atoms with Crippen LogP contribution in [0.15, 0.2) is 60.7 Å². The second kappa shape index (κ2) is 5.61. The molecule has 0 heterocycles. The summed E-state index contributed by atoms with van der Waals surface area (Å²) < 4.78 is 5.62. The number of rotatable bonds is 4. The second-order valence-corrected chi connectivity index (χ2v) is 4.09. The highest BCUT2D eigenvalue weighted by Gasteiger charge is 2.07. The van der Waals surface area contributed by atoms with Crippen LogP contribution < -0.4 is 4.74 Å². The van der Waals surface area contributed by atoms with Crippen LogP contribution in [0.25, 0.3) is 0 Å². The van der Waals surface area contributed by atoms with E-state index in [4.69, 9.17) is 17.4 Å². The molecule has 1 unspecified atom stereocenters. The predicted molar refractivity (Wildman–Crippen MR) is 68.7 cm³/mol. The molecule has 0 spiro atoms. The van der Waals surface area contributed by atoms with Crippen LogP contribution in [0.2, 0.25) is 0 Å². The lowest BCUT2D eigenvalue weighted by molar-refractivity contribution is 0.319. The van der Waals surface area contributed by atoms with Gasteiger partial charge in [0, 0.05) is 0 Å². The van der Waals surface area contributed by atoms with Gasteiger partial charge in [0.15, 0.2) is 0 Å². The van der Waals surface area contributed by atoms with E-state index in [0.29, 0.717) is 6.61 Å². The fraction of sp³-hybridized carbons (Fsp3) is 0.143. The molecule has 81 valence electrons. The monoisotopic (exact) mass is 229 g/mol. The van der Waals surface area contributed by atoms with Crippen molar-refractivity contribution in [2.45, 2.75) is 5.25 Å². The van der Waals surface area contributed by atoms with Crippen molar-refractivity contribution in [3.05, 3.63) is 66.2 Å². The first kappa shape index (κ1) is 11.1. The molecule has 16 heavy (non-hydrogen) atoms. The maximum absolute atomic E-state index is 5.62. The van der Waals surface area contributed by atoms with Crippen molar-refractivity contribution in [1.29, 1.82) is 0 Å². The minimum atomic E-state index is 0.00130. The summed E-state index contributed by atoms with van der Waals surface area (Å²) in [5, 5.41) is 0.00130. The molecule has 0 fully saturated rings. The summed E-state index contributed by atoms with van der Waals surface area (Å²) in [5.74, 6) is 0.869. The summed E-state index contributed by atoms with van der Waals surface area (Å²) in [6.07, 6.45) is 0. The zero-order valence-corrected chi connectivity index (χ0v) is 9.69. The third kappa shape index (κ3) is 3.04. The van der Waals surface area contributed by atoms with Crippen molar-refractivity contribution >= 4 is 12.6 Å². The molecule has 2 aromatic rings.